The van der Waals surface area contributed by atoms with E-state index in [0.29, 0.717) is 0 Å². The summed E-state index contributed by atoms with van der Waals surface area (Å²) in [5.74, 6) is 0.893. The maximum Gasteiger partial charge on any atom is 0.137 e. The van der Waals surface area contributed by atoms with Crippen LogP contribution in [0.5, 0.6) is 5.75 Å². The highest BCUT2D eigenvalue weighted by atomic mass is 16.5. The van der Waals surface area contributed by atoms with Gasteiger partial charge < -0.3 is 4.74 Å². The second-order valence-corrected chi connectivity index (χ2v) is 7.63. The standard InChI is InChI=1S/C25H23N3O/c1-17(2)29-20-10-8-18(9-11-20)19-12-14-28-24(16-27-25(28)15-19)22-5-3-7-23-21(22)6-4-13-26-23/h4-6,8-17H,3,7H2,1-2H3. The summed E-state index contributed by atoms with van der Waals surface area (Å²) in [6, 6.07) is 16.7. The van der Waals surface area contributed by atoms with Gasteiger partial charge in [0.15, 0.2) is 0 Å². The van der Waals surface area contributed by atoms with Crippen molar-refractivity contribution in [3.05, 3.63) is 90.1 Å². The Balaban J connectivity index is 1.50. The van der Waals surface area contributed by atoms with Gasteiger partial charge in [0.2, 0.25) is 0 Å². The SMILES string of the molecule is CC(C)Oc1ccc(-c2ccn3c(C4=CCCc5ncccc54)cnc3c2)cc1. The highest BCUT2D eigenvalue weighted by Gasteiger charge is 2.18. The van der Waals surface area contributed by atoms with Gasteiger partial charge in [-0.3, -0.25) is 9.38 Å². The van der Waals surface area contributed by atoms with Crippen molar-refractivity contribution in [3.63, 3.8) is 0 Å². The number of hydrogen-bond acceptors (Lipinski definition) is 3. The summed E-state index contributed by atoms with van der Waals surface area (Å²) >= 11 is 0. The van der Waals surface area contributed by atoms with Crippen LogP contribution in [0.4, 0.5) is 0 Å². The largest absolute Gasteiger partial charge is 0.491 e. The second kappa shape index (κ2) is 7.21. The van der Waals surface area contributed by atoms with Crippen molar-refractivity contribution in [2.75, 3.05) is 0 Å². The average Bonchev–Trinajstić information content (AvgIpc) is 3.16. The van der Waals surface area contributed by atoms with Crippen LogP contribution in [0.15, 0.2) is 73.2 Å². The van der Waals surface area contributed by atoms with Gasteiger partial charge in [-0.15, -0.1) is 0 Å². The van der Waals surface area contributed by atoms with Crippen molar-refractivity contribution in [1.29, 1.82) is 0 Å². The lowest BCUT2D eigenvalue weighted by Crippen LogP contribution is -2.05. The number of pyridine rings is 2. The number of fused-ring (bicyclic) bond motifs is 2. The fourth-order valence-electron chi connectivity index (χ4n) is 3.95. The van der Waals surface area contributed by atoms with Crippen molar-refractivity contribution in [2.24, 2.45) is 0 Å². The molecule has 4 aromatic rings. The molecule has 4 heteroatoms. The molecular formula is C25H23N3O. The summed E-state index contributed by atoms with van der Waals surface area (Å²) in [6.45, 7) is 4.07. The molecule has 0 saturated carbocycles. The number of rotatable bonds is 4. The van der Waals surface area contributed by atoms with E-state index in [4.69, 9.17) is 4.74 Å². The maximum atomic E-state index is 5.75. The molecule has 0 atom stereocenters. The minimum atomic E-state index is 0.176. The Labute approximate surface area is 170 Å². The lowest BCUT2D eigenvalue weighted by Gasteiger charge is -2.16. The molecule has 1 aliphatic carbocycles. The maximum absolute atomic E-state index is 5.75. The first-order valence-electron chi connectivity index (χ1n) is 10.1. The first kappa shape index (κ1) is 17.7. The van der Waals surface area contributed by atoms with E-state index in [9.17, 15) is 0 Å². The predicted octanol–water partition coefficient (Wildman–Crippen LogP) is 5.56. The number of ether oxygens (including phenoxy) is 1. The number of nitrogens with zero attached hydrogens (tertiary/aromatic N) is 3. The Morgan fingerprint density at radius 1 is 1.00 bits per heavy atom. The van der Waals surface area contributed by atoms with E-state index in [2.05, 4.69) is 57.0 Å². The van der Waals surface area contributed by atoms with Gasteiger partial charge in [-0.2, -0.15) is 0 Å². The van der Waals surface area contributed by atoms with E-state index < -0.39 is 0 Å². The van der Waals surface area contributed by atoms with Crippen molar-refractivity contribution in [2.45, 2.75) is 32.8 Å². The third-order valence-corrected chi connectivity index (χ3v) is 5.26. The van der Waals surface area contributed by atoms with E-state index in [1.807, 2.05) is 44.4 Å². The molecule has 0 fully saturated rings. The highest BCUT2D eigenvalue weighted by molar-refractivity contribution is 5.82. The van der Waals surface area contributed by atoms with Crippen molar-refractivity contribution in [3.8, 4) is 16.9 Å². The molecule has 29 heavy (non-hydrogen) atoms. The summed E-state index contributed by atoms with van der Waals surface area (Å²) in [4.78, 5) is 9.24. The number of aromatic nitrogens is 3. The van der Waals surface area contributed by atoms with Gasteiger partial charge >= 0.3 is 0 Å². The van der Waals surface area contributed by atoms with Crippen molar-refractivity contribution < 1.29 is 4.74 Å². The fourth-order valence-corrected chi connectivity index (χ4v) is 3.95. The van der Waals surface area contributed by atoms with E-state index in [1.54, 1.807) is 0 Å². The molecule has 5 rings (SSSR count). The van der Waals surface area contributed by atoms with Crippen LogP contribution in [-0.4, -0.2) is 20.5 Å². The van der Waals surface area contributed by atoms with Gasteiger partial charge in [0.05, 0.1) is 18.0 Å². The molecule has 4 nitrogen and oxygen atoms in total. The van der Waals surface area contributed by atoms with Crippen LogP contribution >= 0.6 is 0 Å². The first-order valence-corrected chi connectivity index (χ1v) is 10.1. The summed E-state index contributed by atoms with van der Waals surface area (Å²) in [5.41, 5.74) is 7.95. The second-order valence-electron chi connectivity index (χ2n) is 7.63. The Morgan fingerprint density at radius 3 is 2.69 bits per heavy atom. The quantitative estimate of drug-likeness (QED) is 0.464. The van der Waals surface area contributed by atoms with Crippen LogP contribution in [-0.2, 0) is 6.42 Å². The lowest BCUT2D eigenvalue weighted by molar-refractivity contribution is 0.242. The van der Waals surface area contributed by atoms with Gasteiger partial charge in [0.25, 0.3) is 0 Å². The molecule has 1 aromatic carbocycles. The molecule has 0 spiro atoms. The van der Waals surface area contributed by atoms with Crippen LogP contribution in [0.2, 0.25) is 0 Å². The Morgan fingerprint density at radius 2 is 1.86 bits per heavy atom. The third kappa shape index (κ3) is 3.31. The van der Waals surface area contributed by atoms with Gasteiger partial charge in [-0.05, 0) is 68.1 Å². The number of benzene rings is 1. The molecule has 3 aromatic heterocycles. The van der Waals surface area contributed by atoms with Crippen LogP contribution in [0.25, 0.3) is 22.3 Å². The topological polar surface area (TPSA) is 39.4 Å². The smallest absolute Gasteiger partial charge is 0.137 e. The van der Waals surface area contributed by atoms with Gasteiger partial charge in [0.1, 0.15) is 11.4 Å². The molecular weight excluding hydrogens is 358 g/mol. The summed E-state index contributed by atoms with van der Waals surface area (Å²) in [5, 5.41) is 0. The molecule has 1 aliphatic rings. The van der Waals surface area contributed by atoms with Crippen LogP contribution in [0.1, 0.15) is 37.2 Å². The van der Waals surface area contributed by atoms with E-state index in [-0.39, 0.29) is 6.10 Å². The number of allylic oxidation sites excluding steroid dienone is 1. The summed E-state index contributed by atoms with van der Waals surface area (Å²) in [6.07, 6.45) is 10.4. The summed E-state index contributed by atoms with van der Waals surface area (Å²) in [7, 11) is 0. The molecule has 0 bridgehead atoms. The monoisotopic (exact) mass is 381 g/mol. The normalized spacial score (nSPS) is 13.4. The fraction of sp³-hybridized carbons (Fsp3) is 0.200. The number of imidazole rings is 1. The van der Waals surface area contributed by atoms with Gasteiger partial charge in [-0.25, -0.2) is 4.98 Å². The minimum Gasteiger partial charge on any atom is -0.491 e. The van der Waals surface area contributed by atoms with Crippen molar-refractivity contribution >= 4 is 11.2 Å². The zero-order valence-electron chi connectivity index (χ0n) is 16.7. The Kier molecular flexibility index (Phi) is 4.39. The van der Waals surface area contributed by atoms with Crippen LogP contribution < -0.4 is 4.74 Å². The molecule has 3 heterocycles. The number of aryl methyl sites for hydroxylation is 1. The Bertz CT molecular complexity index is 1200. The lowest BCUT2D eigenvalue weighted by atomic mass is 9.93. The number of hydrogen-bond donors (Lipinski definition) is 0. The molecule has 0 radical (unpaired) electrons. The predicted molar refractivity (Wildman–Crippen MR) is 116 cm³/mol. The zero-order valence-corrected chi connectivity index (χ0v) is 16.7. The van der Waals surface area contributed by atoms with Crippen LogP contribution in [0.3, 0.4) is 0 Å². The molecule has 0 unspecified atom stereocenters. The van der Waals surface area contributed by atoms with E-state index >= 15 is 0 Å². The molecule has 0 amide bonds. The first-order chi connectivity index (χ1) is 14.2. The average molecular weight is 381 g/mol. The van der Waals surface area contributed by atoms with Gasteiger partial charge in [-0.1, -0.05) is 24.3 Å². The summed E-state index contributed by atoms with van der Waals surface area (Å²) < 4.78 is 7.91. The molecule has 0 N–H and O–H groups in total. The Hall–Kier alpha value is -3.40. The molecule has 144 valence electrons. The minimum absolute atomic E-state index is 0.176. The third-order valence-electron chi connectivity index (χ3n) is 5.26. The van der Waals surface area contributed by atoms with Crippen LogP contribution in [0, 0.1) is 0 Å². The molecule has 0 saturated heterocycles. The molecule has 0 aliphatic heterocycles. The highest BCUT2D eigenvalue weighted by Crippen LogP contribution is 2.32. The zero-order chi connectivity index (χ0) is 19.8. The van der Waals surface area contributed by atoms with Crippen molar-refractivity contribution in [1.82, 2.24) is 14.4 Å². The van der Waals surface area contributed by atoms with E-state index in [1.165, 1.54) is 16.8 Å². The van der Waals surface area contributed by atoms with Gasteiger partial charge in [0, 0.05) is 29.2 Å². The van der Waals surface area contributed by atoms with E-state index in [0.717, 1.165) is 41.1 Å².